The van der Waals surface area contributed by atoms with Crippen LogP contribution in [0.5, 0.6) is 0 Å². The molecule has 0 spiro atoms. The van der Waals surface area contributed by atoms with Crippen LogP contribution in [0.1, 0.15) is 31.4 Å². The minimum atomic E-state index is -0.831. The van der Waals surface area contributed by atoms with E-state index in [4.69, 9.17) is 10.00 Å². The lowest BCUT2D eigenvalue weighted by atomic mass is 9.95. The highest BCUT2D eigenvalue weighted by Gasteiger charge is 2.39. The van der Waals surface area contributed by atoms with Crippen LogP contribution in [0.4, 0.5) is 0 Å². The summed E-state index contributed by atoms with van der Waals surface area (Å²) < 4.78 is 5.41. The molecule has 0 saturated carbocycles. The highest BCUT2D eigenvalue weighted by atomic mass is 16.5. The Morgan fingerprint density at radius 2 is 2.26 bits per heavy atom. The van der Waals surface area contributed by atoms with Gasteiger partial charge >= 0.3 is 0 Å². The third kappa shape index (κ3) is 3.32. The second-order valence-corrected chi connectivity index (χ2v) is 5.07. The Kier molecular flexibility index (Phi) is 4.54. The molecule has 0 amide bonds. The van der Waals surface area contributed by atoms with E-state index in [1.807, 2.05) is 37.3 Å². The van der Waals surface area contributed by atoms with Gasteiger partial charge in [0.1, 0.15) is 5.60 Å². The minimum Gasteiger partial charge on any atom is -0.386 e. The Balaban J connectivity index is 2.00. The first-order chi connectivity index (χ1) is 9.15. The fourth-order valence-corrected chi connectivity index (χ4v) is 2.39. The van der Waals surface area contributed by atoms with Crippen LogP contribution in [0, 0.1) is 11.3 Å². The maximum Gasteiger partial charge on any atom is 0.105 e. The average molecular weight is 260 g/mol. The lowest BCUT2D eigenvalue weighted by Gasteiger charge is -2.28. The summed E-state index contributed by atoms with van der Waals surface area (Å²) >= 11 is 0. The van der Waals surface area contributed by atoms with Crippen LogP contribution in [0.15, 0.2) is 30.3 Å². The topological polar surface area (TPSA) is 65.3 Å². The highest BCUT2D eigenvalue weighted by Crippen LogP contribution is 2.26. The Hall–Kier alpha value is -1.41. The van der Waals surface area contributed by atoms with Gasteiger partial charge in [0, 0.05) is 25.6 Å². The number of nitrogens with zero attached hydrogens (tertiary/aromatic N) is 1. The molecule has 1 aromatic carbocycles. The van der Waals surface area contributed by atoms with Gasteiger partial charge in [0.2, 0.25) is 0 Å². The van der Waals surface area contributed by atoms with Crippen molar-refractivity contribution < 1.29 is 9.84 Å². The molecule has 3 unspecified atom stereocenters. The predicted octanol–water partition coefficient (Wildman–Crippen LogP) is 1.77. The molecule has 3 atom stereocenters. The molecule has 1 saturated heterocycles. The summed E-state index contributed by atoms with van der Waals surface area (Å²) in [5.41, 5.74) is 0.238. The molecule has 0 aliphatic carbocycles. The molecule has 1 aliphatic rings. The van der Waals surface area contributed by atoms with E-state index in [-0.39, 0.29) is 12.1 Å². The summed E-state index contributed by atoms with van der Waals surface area (Å²) in [6, 6.07) is 12.0. The molecule has 0 bridgehead atoms. The summed E-state index contributed by atoms with van der Waals surface area (Å²) in [6.45, 7) is 2.92. The van der Waals surface area contributed by atoms with Gasteiger partial charge in [0.25, 0.3) is 0 Å². The quantitative estimate of drug-likeness (QED) is 0.847. The molecule has 4 nitrogen and oxygen atoms in total. The second-order valence-electron chi connectivity index (χ2n) is 5.07. The van der Waals surface area contributed by atoms with E-state index in [2.05, 4.69) is 11.4 Å². The molecular weight excluding hydrogens is 240 g/mol. The molecule has 2 rings (SSSR count). The van der Waals surface area contributed by atoms with Crippen molar-refractivity contribution in [3.05, 3.63) is 35.9 Å². The van der Waals surface area contributed by atoms with Crippen molar-refractivity contribution in [2.75, 3.05) is 13.2 Å². The number of rotatable bonds is 5. The molecule has 1 aliphatic heterocycles. The standard InChI is InChI=1S/C15H20N2O2/c1-12-15(18,8-10-19-12)11-17-14(7-9-16)13-5-3-2-4-6-13/h2-6,12,14,17-18H,7-8,10-11H2,1H3. The van der Waals surface area contributed by atoms with Crippen molar-refractivity contribution in [1.29, 1.82) is 5.26 Å². The number of hydrogen-bond acceptors (Lipinski definition) is 4. The van der Waals surface area contributed by atoms with Crippen LogP contribution >= 0.6 is 0 Å². The molecule has 0 radical (unpaired) electrons. The van der Waals surface area contributed by atoms with Gasteiger partial charge in [0.15, 0.2) is 0 Å². The molecule has 1 heterocycles. The monoisotopic (exact) mass is 260 g/mol. The van der Waals surface area contributed by atoms with Crippen LogP contribution in [-0.2, 0) is 4.74 Å². The van der Waals surface area contributed by atoms with Gasteiger partial charge in [0.05, 0.1) is 18.6 Å². The summed E-state index contributed by atoms with van der Waals surface area (Å²) in [5.74, 6) is 0. The van der Waals surface area contributed by atoms with Gasteiger partial charge < -0.3 is 15.2 Å². The lowest BCUT2D eigenvalue weighted by Crippen LogP contribution is -2.46. The van der Waals surface area contributed by atoms with Crippen LogP contribution in [0.3, 0.4) is 0 Å². The zero-order chi connectivity index (χ0) is 13.7. The van der Waals surface area contributed by atoms with Gasteiger partial charge in [-0.3, -0.25) is 0 Å². The van der Waals surface area contributed by atoms with E-state index in [9.17, 15) is 5.11 Å². The molecule has 1 aromatic rings. The van der Waals surface area contributed by atoms with E-state index in [1.165, 1.54) is 0 Å². The van der Waals surface area contributed by atoms with E-state index in [0.29, 0.717) is 26.0 Å². The van der Waals surface area contributed by atoms with Crippen LogP contribution in [-0.4, -0.2) is 30.0 Å². The van der Waals surface area contributed by atoms with Crippen molar-refractivity contribution in [3.8, 4) is 6.07 Å². The third-order valence-corrected chi connectivity index (χ3v) is 3.81. The van der Waals surface area contributed by atoms with E-state index >= 15 is 0 Å². The van der Waals surface area contributed by atoms with Gasteiger partial charge in [-0.1, -0.05) is 30.3 Å². The Morgan fingerprint density at radius 1 is 1.53 bits per heavy atom. The van der Waals surface area contributed by atoms with E-state index < -0.39 is 5.60 Å². The van der Waals surface area contributed by atoms with Gasteiger partial charge in [-0.15, -0.1) is 0 Å². The number of nitrogens with one attached hydrogen (secondary N) is 1. The second kappa shape index (κ2) is 6.16. The van der Waals surface area contributed by atoms with E-state index in [0.717, 1.165) is 5.56 Å². The first kappa shape index (κ1) is 14.0. The average Bonchev–Trinajstić information content (AvgIpc) is 2.76. The zero-order valence-electron chi connectivity index (χ0n) is 11.2. The smallest absolute Gasteiger partial charge is 0.105 e. The molecule has 2 N–H and O–H groups in total. The maximum atomic E-state index is 10.5. The number of aliphatic hydroxyl groups is 1. The Morgan fingerprint density at radius 3 is 2.84 bits per heavy atom. The first-order valence-corrected chi connectivity index (χ1v) is 6.65. The fourth-order valence-electron chi connectivity index (χ4n) is 2.39. The first-order valence-electron chi connectivity index (χ1n) is 6.65. The normalized spacial score (nSPS) is 27.9. The van der Waals surface area contributed by atoms with Crippen molar-refractivity contribution >= 4 is 0 Å². The summed E-state index contributed by atoms with van der Waals surface area (Å²) in [7, 11) is 0. The summed E-state index contributed by atoms with van der Waals surface area (Å²) in [6.07, 6.45) is 0.850. The van der Waals surface area contributed by atoms with Crippen molar-refractivity contribution in [2.24, 2.45) is 0 Å². The lowest BCUT2D eigenvalue weighted by molar-refractivity contribution is -0.0276. The Bertz CT molecular complexity index is 443. The van der Waals surface area contributed by atoms with Crippen LogP contribution in [0.25, 0.3) is 0 Å². The molecule has 1 fully saturated rings. The fraction of sp³-hybridized carbons (Fsp3) is 0.533. The SMILES string of the molecule is CC1OCCC1(O)CNC(CC#N)c1ccccc1. The Labute approximate surface area is 114 Å². The maximum absolute atomic E-state index is 10.5. The van der Waals surface area contributed by atoms with Gasteiger partial charge in [-0.2, -0.15) is 5.26 Å². The van der Waals surface area contributed by atoms with Crippen molar-refractivity contribution in [3.63, 3.8) is 0 Å². The van der Waals surface area contributed by atoms with Crippen LogP contribution in [0.2, 0.25) is 0 Å². The molecule has 4 heteroatoms. The van der Waals surface area contributed by atoms with E-state index in [1.54, 1.807) is 0 Å². The minimum absolute atomic E-state index is 0.0528. The van der Waals surface area contributed by atoms with Crippen molar-refractivity contribution in [1.82, 2.24) is 5.32 Å². The third-order valence-electron chi connectivity index (χ3n) is 3.81. The van der Waals surface area contributed by atoms with Crippen LogP contribution < -0.4 is 5.32 Å². The predicted molar refractivity (Wildman–Crippen MR) is 72.4 cm³/mol. The number of benzene rings is 1. The molecular formula is C15H20N2O2. The number of ether oxygens (including phenoxy) is 1. The number of hydrogen-bond donors (Lipinski definition) is 2. The molecule has 19 heavy (non-hydrogen) atoms. The summed E-state index contributed by atoms with van der Waals surface area (Å²) in [4.78, 5) is 0. The summed E-state index contributed by atoms with van der Waals surface area (Å²) in [5, 5.41) is 22.7. The van der Waals surface area contributed by atoms with Gasteiger partial charge in [-0.05, 0) is 12.5 Å². The molecule has 102 valence electrons. The largest absolute Gasteiger partial charge is 0.386 e. The van der Waals surface area contributed by atoms with Crippen molar-refractivity contribution in [2.45, 2.75) is 37.5 Å². The molecule has 0 aromatic heterocycles. The zero-order valence-corrected chi connectivity index (χ0v) is 11.2. The van der Waals surface area contributed by atoms with Gasteiger partial charge in [-0.25, -0.2) is 0 Å². The number of nitriles is 1. The highest BCUT2D eigenvalue weighted by molar-refractivity contribution is 5.20.